The first-order chi connectivity index (χ1) is 5.49. The normalized spacial score (nSPS) is 12.9. The van der Waals surface area contributed by atoms with Gasteiger partial charge in [-0.25, -0.2) is 0 Å². The first-order valence-electron chi connectivity index (χ1n) is 3.74. The van der Waals surface area contributed by atoms with E-state index in [0.717, 1.165) is 0 Å². The fourth-order valence-electron chi connectivity index (χ4n) is 0.876. The minimum Gasteiger partial charge on any atom is -0.480 e. The third-order valence-corrected chi connectivity index (χ3v) is 1.70. The van der Waals surface area contributed by atoms with Gasteiger partial charge >= 0.3 is 5.97 Å². The molecule has 0 rings (SSSR count). The lowest BCUT2D eigenvalue weighted by Gasteiger charge is -2.22. The molecule has 12 heavy (non-hydrogen) atoms. The first kappa shape index (κ1) is 10.9. The third-order valence-electron chi connectivity index (χ3n) is 1.70. The largest absolute Gasteiger partial charge is 0.480 e. The molecule has 0 saturated heterocycles. The topological polar surface area (TPSA) is 83.6 Å². The number of likely N-dealkylation sites (N-methyl/N-ethyl adjacent to an activating group) is 1. The molecule has 0 aliphatic heterocycles. The van der Waals surface area contributed by atoms with Crippen LogP contribution in [0.25, 0.3) is 0 Å². The number of carboxylic acid groups (broad SMARTS) is 1. The molecule has 0 aromatic heterocycles. The molecule has 0 heterocycles. The zero-order chi connectivity index (χ0) is 9.72. The van der Waals surface area contributed by atoms with E-state index >= 15 is 0 Å². The number of nitrogens with two attached hydrogens (primary N) is 1. The van der Waals surface area contributed by atoms with Gasteiger partial charge in [-0.15, -0.1) is 0 Å². The van der Waals surface area contributed by atoms with Crippen molar-refractivity contribution in [3.63, 3.8) is 0 Å². The average molecular weight is 174 g/mol. The Hall–Kier alpha value is -1.10. The molecule has 0 fully saturated rings. The Morgan fingerprint density at radius 2 is 2.08 bits per heavy atom. The van der Waals surface area contributed by atoms with Gasteiger partial charge in [0.15, 0.2) is 0 Å². The van der Waals surface area contributed by atoms with Crippen LogP contribution < -0.4 is 5.73 Å². The summed E-state index contributed by atoms with van der Waals surface area (Å²) in [5.41, 5.74) is 5.01. The van der Waals surface area contributed by atoms with Crippen molar-refractivity contribution >= 4 is 11.9 Å². The molecule has 1 atom stereocenters. The SMILES string of the molecule is CCN(CC(=O)O)C(C)C(N)=O. The highest BCUT2D eigenvalue weighted by Gasteiger charge is 2.18. The standard InChI is InChI=1S/C7H14N2O3/c1-3-9(4-6(10)11)5(2)7(8)12/h5H,3-4H2,1-2H3,(H2,8,12)(H,10,11). The summed E-state index contributed by atoms with van der Waals surface area (Å²) in [7, 11) is 0. The zero-order valence-corrected chi connectivity index (χ0v) is 7.28. The fourth-order valence-corrected chi connectivity index (χ4v) is 0.876. The molecule has 0 aliphatic rings. The van der Waals surface area contributed by atoms with Gasteiger partial charge in [0, 0.05) is 0 Å². The van der Waals surface area contributed by atoms with Crippen LogP contribution in [0.4, 0.5) is 0 Å². The van der Waals surface area contributed by atoms with Crippen molar-refractivity contribution in [2.45, 2.75) is 19.9 Å². The highest BCUT2D eigenvalue weighted by Crippen LogP contribution is 1.96. The molecule has 1 unspecified atom stereocenters. The highest BCUT2D eigenvalue weighted by atomic mass is 16.4. The Morgan fingerprint density at radius 3 is 2.33 bits per heavy atom. The summed E-state index contributed by atoms with van der Waals surface area (Å²) in [6.45, 7) is 3.72. The maximum absolute atomic E-state index is 10.7. The molecular formula is C7H14N2O3. The van der Waals surface area contributed by atoms with E-state index in [1.54, 1.807) is 13.8 Å². The summed E-state index contributed by atoms with van der Waals surface area (Å²) in [5.74, 6) is -1.46. The number of hydrogen-bond acceptors (Lipinski definition) is 3. The second-order valence-electron chi connectivity index (χ2n) is 2.54. The van der Waals surface area contributed by atoms with E-state index in [9.17, 15) is 9.59 Å². The van der Waals surface area contributed by atoms with Gasteiger partial charge in [-0.1, -0.05) is 6.92 Å². The first-order valence-corrected chi connectivity index (χ1v) is 3.74. The van der Waals surface area contributed by atoms with Crippen molar-refractivity contribution in [1.29, 1.82) is 0 Å². The summed E-state index contributed by atoms with van der Waals surface area (Å²) in [6.07, 6.45) is 0. The lowest BCUT2D eigenvalue weighted by Crippen LogP contribution is -2.44. The quantitative estimate of drug-likeness (QED) is 0.575. The molecule has 0 aromatic rings. The van der Waals surface area contributed by atoms with Crippen molar-refractivity contribution in [3.8, 4) is 0 Å². The Bertz CT molecular complexity index is 181. The van der Waals surface area contributed by atoms with Crippen molar-refractivity contribution in [1.82, 2.24) is 4.90 Å². The smallest absolute Gasteiger partial charge is 0.317 e. The Kier molecular flexibility index (Phi) is 4.28. The second-order valence-corrected chi connectivity index (χ2v) is 2.54. The highest BCUT2D eigenvalue weighted by molar-refractivity contribution is 5.80. The number of carbonyl (C=O) groups excluding carboxylic acids is 1. The van der Waals surface area contributed by atoms with Crippen LogP contribution in [0.2, 0.25) is 0 Å². The summed E-state index contributed by atoms with van der Waals surface area (Å²) in [5, 5.41) is 8.45. The van der Waals surface area contributed by atoms with E-state index in [1.165, 1.54) is 4.90 Å². The van der Waals surface area contributed by atoms with Gasteiger partial charge in [0.1, 0.15) is 0 Å². The Morgan fingerprint density at radius 1 is 1.58 bits per heavy atom. The van der Waals surface area contributed by atoms with E-state index in [-0.39, 0.29) is 6.54 Å². The van der Waals surface area contributed by atoms with E-state index in [2.05, 4.69) is 0 Å². The van der Waals surface area contributed by atoms with E-state index < -0.39 is 17.9 Å². The van der Waals surface area contributed by atoms with Gasteiger partial charge in [0.2, 0.25) is 5.91 Å². The summed E-state index contributed by atoms with van der Waals surface area (Å²) in [4.78, 5) is 22.5. The van der Waals surface area contributed by atoms with Crippen LogP contribution in [0, 0.1) is 0 Å². The number of primary amides is 1. The van der Waals surface area contributed by atoms with Crippen LogP contribution in [-0.4, -0.2) is 41.0 Å². The van der Waals surface area contributed by atoms with E-state index in [1.807, 2.05) is 0 Å². The molecule has 3 N–H and O–H groups in total. The third kappa shape index (κ3) is 3.34. The number of carbonyl (C=O) groups is 2. The van der Waals surface area contributed by atoms with Crippen molar-refractivity contribution in [2.24, 2.45) is 5.73 Å². The molecule has 5 heteroatoms. The zero-order valence-electron chi connectivity index (χ0n) is 7.28. The monoisotopic (exact) mass is 174 g/mol. The van der Waals surface area contributed by atoms with Crippen LogP contribution in [0.5, 0.6) is 0 Å². The predicted octanol–water partition coefficient (Wildman–Crippen LogP) is -0.733. The van der Waals surface area contributed by atoms with Crippen LogP contribution in [0.3, 0.4) is 0 Å². The lowest BCUT2D eigenvalue weighted by molar-refractivity contribution is -0.139. The van der Waals surface area contributed by atoms with Crippen molar-refractivity contribution in [2.75, 3.05) is 13.1 Å². The molecule has 5 nitrogen and oxygen atoms in total. The molecule has 1 amide bonds. The molecule has 0 spiro atoms. The summed E-state index contributed by atoms with van der Waals surface area (Å²) >= 11 is 0. The minimum atomic E-state index is -0.954. The maximum atomic E-state index is 10.7. The molecular weight excluding hydrogens is 160 g/mol. The number of aliphatic carboxylic acids is 1. The van der Waals surface area contributed by atoms with Crippen LogP contribution in [0.1, 0.15) is 13.8 Å². The van der Waals surface area contributed by atoms with Gasteiger partial charge in [0.05, 0.1) is 12.6 Å². The number of amides is 1. The summed E-state index contributed by atoms with van der Waals surface area (Å²) in [6, 6.07) is -0.522. The Labute approximate surface area is 71.1 Å². The van der Waals surface area contributed by atoms with Gasteiger partial charge in [-0.3, -0.25) is 14.5 Å². The van der Waals surface area contributed by atoms with E-state index in [0.29, 0.717) is 6.54 Å². The van der Waals surface area contributed by atoms with Gasteiger partial charge < -0.3 is 10.8 Å². The van der Waals surface area contributed by atoms with Gasteiger partial charge in [0.25, 0.3) is 0 Å². The van der Waals surface area contributed by atoms with Gasteiger partial charge in [-0.2, -0.15) is 0 Å². The second kappa shape index (κ2) is 4.71. The number of rotatable bonds is 5. The molecule has 0 saturated carbocycles. The van der Waals surface area contributed by atoms with Crippen LogP contribution in [-0.2, 0) is 9.59 Å². The van der Waals surface area contributed by atoms with Crippen LogP contribution in [0.15, 0.2) is 0 Å². The molecule has 0 bridgehead atoms. The molecule has 0 aliphatic carbocycles. The fraction of sp³-hybridized carbons (Fsp3) is 0.714. The van der Waals surface area contributed by atoms with Gasteiger partial charge in [-0.05, 0) is 13.5 Å². The molecule has 0 aromatic carbocycles. The molecule has 0 radical (unpaired) electrons. The maximum Gasteiger partial charge on any atom is 0.317 e. The van der Waals surface area contributed by atoms with E-state index in [4.69, 9.17) is 10.8 Å². The van der Waals surface area contributed by atoms with Crippen molar-refractivity contribution < 1.29 is 14.7 Å². The predicted molar refractivity (Wildman–Crippen MR) is 43.5 cm³/mol. The summed E-state index contributed by atoms with van der Waals surface area (Å²) < 4.78 is 0. The average Bonchev–Trinajstić information content (AvgIpc) is 1.98. The minimum absolute atomic E-state index is 0.152. The lowest BCUT2D eigenvalue weighted by atomic mass is 10.2. The Balaban J connectivity index is 4.14. The van der Waals surface area contributed by atoms with Crippen LogP contribution >= 0.6 is 0 Å². The number of carboxylic acids is 1. The number of hydrogen-bond donors (Lipinski definition) is 2. The van der Waals surface area contributed by atoms with Crippen molar-refractivity contribution in [3.05, 3.63) is 0 Å². The molecule has 70 valence electrons. The number of nitrogens with zero attached hydrogens (tertiary/aromatic N) is 1.